The van der Waals surface area contributed by atoms with Gasteiger partial charge in [0, 0.05) is 17.1 Å². The Morgan fingerprint density at radius 1 is 1.32 bits per heavy atom. The van der Waals surface area contributed by atoms with Gasteiger partial charge >= 0.3 is 0 Å². The standard InChI is InChI=1S/C15H20ClN3/c1-10(2)14-9-13(6-7-17)18-19(14)15-8-12(16)5-4-11(15)3/h4-5,8-10H,6-7,17H2,1-3H3. The van der Waals surface area contributed by atoms with Gasteiger partial charge in [0.15, 0.2) is 0 Å². The predicted octanol–water partition coefficient (Wildman–Crippen LogP) is 3.46. The monoisotopic (exact) mass is 277 g/mol. The molecule has 0 bridgehead atoms. The summed E-state index contributed by atoms with van der Waals surface area (Å²) < 4.78 is 2.00. The lowest BCUT2D eigenvalue weighted by molar-refractivity contribution is 0.723. The fourth-order valence-electron chi connectivity index (χ4n) is 2.13. The molecule has 2 N–H and O–H groups in total. The molecule has 0 saturated heterocycles. The van der Waals surface area contributed by atoms with Crippen LogP contribution in [0.25, 0.3) is 5.69 Å². The first-order valence-electron chi connectivity index (χ1n) is 6.58. The van der Waals surface area contributed by atoms with E-state index in [1.807, 2.05) is 22.9 Å². The van der Waals surface area contributed by atoms with E-state index in [1.54, 1.807) is 0 Å². The third-order valence-corrected chi connectivity index (χ3v) is 3.41. The van der Waals surface area contributed by atoms with E-state index in [4.69, 9.17) is 17.3 Å². The van der Waals surface area contributed by atoms with Crippen molar-refractivity contribution in [1.29, 1.82) is 0 Å². The highest BCUT2D eigenvalue weighted by Gasteiger charge is 2.14. The highest BCUT2D eigenvalue weighted by atomic mass is 35.5. The Kier molecular flexibility index (Phi) is 4.27. The van der Waals surface area contributed by atoms with Gasteiger partial charge in [-0.05, 0) is 43.1 Å². The van der Waals surface area contributed by atoms with Gasteiger partial charge in [-0.1, -0.05) is 31.5 Å². The molecule has 3 nitrogen and oxygen atoms in total. The molecular formula is C15H20ClN3. The molecule has 1 heterocycles. The first-order valence-corrected chi connectivity index (χ1v) is 6.96. The molecule has 0 spiro atoms. The zero-order valence-corrected chi connectivity index (χ0v) is 12.4. The lowest BCUT2D eigenvalue weighted by Gasteiger charge is -2.12. The topological polar surface area (TPSA) is 43.8 Å². The summed E-state index contributed by atoms with van der Waals surface area (Å²) >= 11 is 6.11. The summed E-state index contributed by atoms with van der Waals surface area (Å²) in [6.45, 7) is 7.02. The Morgan fingerprint density at radius 2 is 2.05 bits per heavy atom. The van der Waals surface area contributed by atoms with Gasteiger partial charge in [-0.15, -0.1) is 0 Å². The van der Waals surface area contributed by atoms with Gasteiger partial charge in [-0.2, -0.15) is 5.10 Å². The number of hydrogen-bond donors (Lipinski definition) is 1. The average Bonchev–Trinajstić information content (AvgIpc) is 2.77. The quantitative estimate of drug-likeness (QED) is 0.930. The molecule has 0 aliphatic heterocycles. The zero-order valence-electron chi connectivity index (χ0n) is 11.7. The number of nitrogens with two attached hydrogens (primary N) is 1. The van der Waals surface area contributed by atoms with Crippen molar-refractivity contribution >= 4 is 11.6 Å². The summed E-state index contributed by atoms with van der Waals surface area (Å²) in [6, 6.07) is 8.02. The van der Waals surface area contributed by atoms with E-state index in [0.29, 0.717) is 12.5 Å². The van der Waals surface area contributed by atoms with Gasteiger partial charge in [-0.3, -0.25) is 0 Å². The zero-order chi connectivity index (χ0) is 14.0. The Morgan fingerprint density at radius 3 is 2.68 bits per heavy atom. The number of hydrogen-bond acceptors (Lipinski definition) is 2. The van der Waals surface area contributed by atoms with E-state index in [2.05, 4.69) is 31.9 Å². The van der Waals surface area contributed by atoms with Gasteiger partial charge in [0.2, 0.25) is 0 Å². The van der Waals surface area contributed by atoms with Crippen LogP contribution in [-0.2, 0) is 6.42 Å². The fourth-order valence-corrected chi connectivity index (χ4v) is 2.30. The Balaban J connectivity index is 2.56. The predicted molar refractivity (Wildman–Crippen MR) is 80.2 cm³/mol. The molecule has 19 heavy (non-hydrogen) atoms. The van der Waals surface area contributed by atoms with E-state index in [1.165, 1.54) is 5.69 Å². The third kappa shape index (κ3) is 2.99. The van der Waals surface area contributed by atoms with Crippen molar-refractivity contribution in [3.05, 3.63) is 46.2 Å². The molecule has 1 aromatic heterocycles. The normalized spacial score (nSPS) is 11.3. The molecule has 0 aliphatic carbocycles. The molecule has 2 aromatic rings. The second kappa shape index (κ2) is 5.76. The molecule has 0 radical (unpaired) electrons. The van der Waals surface area contributed by atoms with E-state index in [9.17, 15) is 0 Å². The van der Waals surface area contributed by atoms with Crippen molar-refractivity contribution in [2.75, 3.05) is 6.54 Å². The second-order valence-corrected chi connectivity index (χ2v) is 5.53. The molecule has 0 aliphatic rings. The first kappa shape index (κ1) is 14.1. The molecule has 0 saturated carbocycles. The van der Waals surface area contributed by atoms with Crippen molar-refractivity contribution in [3.8, 4) is 5.69 Å². The van der Waals surface area contributed by atoms with Gasteiger partial charge in [0.1, 0.15) is 0 Å². The Hall–Kier alpha value is -1.32. The first-order chi connectivity index (χ1) is 9.02. The Labute approximate surface area is 119 Å². The Bertz CT molecular complexity index is 573. The summed E-state index contributed by atoms with van der Waals surface area (Å²) in [5, 5.41) is 5.40. The SMILES string of the molecule is Cc1ccc(Cl)cc1-n1nc(CCN)cc1C(C)C. The van der Waals surface area contributed by atoms with Crippen molar-refractivity contribution in [2.45, 2.75) is 33.1 Å². The van der Waals surface area contributed by atoms with E-state index in [-0.39, 0.29) is 0 Å². The van der Waals surface area contributed by atoms with Crippen LogP contribution >= 0.6 is 11.6 Å². The smallest absolute Gasteiger partial charge is 0.0692 e. The number of rotatable bonds is 4. The minimum atomic E-state index is 0.400. The molecule has 0 atom stereocenters. The summed E-state index contributed by atoms with van der Waals surface area (Å²) in [4.78, 5) is 0. The lowest BCUT2D eigenvalue weighted by atomic mass is 10.1. The minimum Gasteiger partial charge on any atom is -0.330 e. The van der Waals surface area contributed by atoms with Crippen LogP contribution in [0, 0.1) is 6.92 Å². The number of benzene rings is 1. The van der Waals surface area contributed by atoms with Crippen molar-refractivity contribution in [3.63, 3.8) is 0 Å². The van der Waals surface area contributed by atoms with Crippen LogP contribution in [0.1, 0.15) is 36.7 Å². The van der Waals surface area contributed by atoms with Crippen LogP contribution in [0.15, 0.2) is 24.3 Å². The van der Waals surface area contributed by atoms with E-state index < -0.39 is 0 Å². The number of halogens is 1. The van der Waals surface area contributed by atoms with Crippen LogP contribution < -0.4 is 5.73 Å². The van der Waals surface area contributed by atoms with Crippen LogP contribution in [0.4, 0.5) is 0 Å². The molecule has 102 valence electrons. The van der Waals surface area contributed by atoms with Gasteiger partial charge in [-0.25, -0.2) is 4.68 Å². The maximum absolute atomic E-state index is 6.11. The molecular weight excluding hydrogens is 258 g/mol. The van der Waals surface area contributed by atoms with Gasteiger partial charge in [0.05, 0.1) is 11.4 Å². The largest absolute Gasteiger partial charge is 0.330 e. The number of aromatic nitrogens is 2. The van der Waals surface area contributed by atoms with Crippen LogP contribution in [0.2, 0.25) is 5.02 Å². The summed E-state index contributed by atoms with van der Waals surface area (Å²) in [6.07, 6.45) is 0.798. The highest BCUT2D eigenvalue weighted by molar-refractivity contribution is 6.30. The van der Waals surface area contributed by atoms with Crippen LogP contribution in [0.5, 0.6) is 0 Å². The molecule has 2 rings (SSSR count). The van der Waals surface area contributed by atoms with Crippen molar-refractivity contribution < 1.29 is 0 Å². The molecule has 4 heteroatoms. The molecule has 0 fully saturated rings. The van der Waals surface area contributed by atoms with Gasteiger partial charge < -0.3 is 5.73 Å². The minimum absolute atomic E-state index is 0.400. The maximum atomic E-state index is 6.11. The summed E-state index contributed by atoms with van der Waals surface area (Å²) in [5.74, 6) is 0.400. The third-order valence-electron chi connectivity index (χ3n) is 3.18. The second-order valence-electron chi connectivity index (χ2n) is 5.10. The van der Waals surface area contributed by atoms with Crippen LogP contribution in [-0.4, -0.2) is 16.3 Å². The van der Waals surface area contributed by atoms with Crippen molar-refractivity contribution in [2.24, 2.45) is 5.73 Å². The summed E-state index contributed by atoms with van der Waals surface area (Å²) in [5.41, 5.74) is 10.0. The summed E-state index contributed by atoms with van der Waals surface area (Å²) in [7, 11) is 0. The van der Waals surface area contributed by atoms with E-state index in [0.717, 1.165) is 28.4 Å². The van der Waals surface area contributed by atoms with Crippen LogP contribution in [0.3, 0.4) is 0 Å². The molecule has 0 unspecified atom stereocenters. The molecule has 0 amide bonds. The highest BCUT2D eigenvalue weighted by Crippen LogP contribution is 2.25. The van der Waals surface area contributed by atoms with E-state index >= 15 is 0 Å². The lowest BCUT2D eigenvalue weighted by Crippen LogP contribution is -2.07. The van der Waals surface area contributed by atoms with Gasteiger partial charge in [0.25, 0.3) is 0 Å². The molecule has 1 aromatic carbocycles. The van der Waals surface area contributed by atoms with Crippen molar-refractivity contribution in [1.82, 2.24) is 9.78 Å². The number of nitrogens with zero attached hydrogens (tertiary/aromatic N) is 2. The maximum Gasteiger partial charge on any atom is 0.0692 e. The average molecular weight is 278 g/mol. The number of aryl methyl sites for hydroxylation is 1. The fraction of sp³-hybridized carbons (Fsp3) is 0.400.